The summed E-state index contributed by atoms with van der Waals surface area (Å²) < 4.78 is 27.2. The first-order valence-electron chi connectivity index (χ1n) is 5.25. The molecule has 0 amide bonds. The van der Waals surface area contributed by atoms with Crippen LogP contribution in [-0.4, -0.2) is 5.78 Å². The summed E-state index contributed by atoms with van der Waals surface area (Å²) in [4.78, 5) is 11.7. The monoisotopic (exact) mass is 288 g/mol. The maximum atomic E-state index is 13.4. The number of carbonyl (C=O) groups excluding carboxylic acids is 1. The van der Waals surface area contributed by atoms with Crippen LogP contribution in [0.4, 0.5) is 8.78 Å². The molecule has 0 aliphatic heterocycles. The van der Waals surface area contributed by atoms with Gasteiger partial charge < -0.3 is 0 Å². The molecule has 0 radical (unpaired) electrons. The third-order valence-corrected chi connectivity index (χ3v) is 3.44. The van der Waals surface area contributed by atoms with Crippen molar-refractivity contribution < 1.29 is 13.6 Å². The van der Waals surface area contributed by atoms with E-state index in [9.17, 15) is 13.6 Å². The maximum Gasteiger partial charge on any atom is 0.169 e. The van der Waals surface area contributed by atoms with Gasteiger partial charge in [0.1, 0.15) is 11.6 Å². The van der Waals surface area contributed by atoms with Crippen LogP contribution in [0.3, 0.4) is 0 Å². The molecular formula is C12H11BrF2O. The summed E-state index contributed by atoms with van der Waals surface area (Å²) in [5.74, 6) is -1.67. The van der Waals surface area contributed by atoms with E-state index in [-0.39, 0.29) is 6.42 Å². The van der Waals surface area contributed by atoms with E-state index in [2.05, 4.69) is 15.9 Å². The number of hydrogen-bond acceptors (Lipinski definition) is 1. The molecule has 2 rings (SSSR count). The molecule has 0 unspecified atom stereocenters. The number of benzene rings is 1. The fourth-order valence-electron chi connectivity index (χ4n) is 1.87. The fraction of sp³-hybridized carbons (Fsp3) is 0.417. The second-order valence-electron chi connectivity index (χ2n) is 4.17. The molecule has 1 aliphatic rings. The van der Waals surface area contributed by atoms with Gasteiger partial charge in [-0.3, -0.25) is 4.79 Å². The lowest BCUT2D eigenvalue weighted by Crippen LogP contribution is -2.17. The van der Waals surface area contributed by atoms with Crippen LogP contribution in [0, 0.1) is 17.6 Å². The molecule has 0 atom stereocenters. The summed E-state index contributed by atoms with van der Waals surface area (Å²) in [5.41, 5.74) is -0.393. The van der Waals surface area contributed by atoms with Crippen LogP contribution in [-0.2, 0) is 0 Å². The summed E-state index contributed by atoms with van der Waals surface area (Å²) >= 11 is 2.98. The van der Waals surface area contributed by atoms with Gasteiger partial charge in [0.05, 0.1) is 5.56 Å². The predicted octanol–water partition coefficient (Wildman–Crippen LogP) is 4.10. The van der Waals surface area contributed by atoms with Crippen molar-refractivity contribution in [2.24, 2.45) is 5.92 Å². The van der Waals surface area contributed by atoms with Gasteiger partial charge in [0.2, 0.25) is 0 Å². The molecular weight excluding hydrogens is 278 g/mol. The zero-order chi connectivity index (χ0) is 11.7. The average molecular weight is 289 g/mol. The van der Waals surface area contributed by atoms with Crippen LogP contribution in [0.5, 0.6) is 0 Å². The van der Waals surface area contributed by atoms with Gasteiger partial charge in [0.25, 0.3) is 0 Å². The standard InChI is InChI=1S/C12H11BrF2O/c13-8-5-9(14)12(10(15)6-8)11(16)4-7-2-1-3-7/h5-7H,1-4H2. The van der Waals surface area contributed by atoms with Gasteiger partial charge >= 0.3 is 0 Å². The molecule has 1 aliphatic carbocycles. The average Bonchev–Trinajstić information content (AvgIpc) is 2.09. The third kappa shape index (κ3) is 2.32. The minimum absolute atomic E-state index is 0.259. The molecule has 0 N–H and O–H groups in total. The molecule has 0 saturated heterocycles. The minimum Gasteiger partial charge on any atom is -0.294 e. The summed E-state index contributed by atoms with van der Waals surface area (Å²) in [6.07, 6.45) is 3.36. The molecule has 0 spiro atoms. The Morgan fingerprint density at radius 1 is 1.31 bits per heavy atom. The molecule has 4 heteroatoms. The second-order valence-corrected chi connectivity index (χ2v) is 5.08. The van der Waals surface area contributed by atoms with E-state index in [1.807, 2.05) is 0 Å². The van der Waals surface area contributed by atoms with E-state index in [1.54, 1.807) is 0 Å². The van der Waals surface area contributed by atoms with E-state index in [0.29, 0.717) is 10.4 Å². The summed E-state index contributed by atoms with van der Waals surface area (Å²) in [5, 5.41) is 0. The van der Waals surface area contributed by atoms with Crippen LogP contribution in [0.2, 0.25) is 0 Å². The second kappa shape index (κ2) is 4.62. The quantitative estimate of drug-likeness (QED) is 0.766. The first-order chi connectivity index (χ1) is 7.58. The highest BCUT2D eigenvalue weighted by Gasteiger charge is 2.25. The molecule has 1 saturated carbocycles. The van der Waals surface area contributed by atoms with Crippen molar-refractivity contribution in [3.63, 3.8) is 0 Å². The van der Waals surface area contributed by atoms with E-state index in [0.717, 1.165) is 31.4 Å². The number of Topliss-reactive ketones (excluding diaryl/α,β-unsaturated/α-hetero) is 1. The molecule has 0 heterocycles. The molecule has 0 aromatic heterocycles. The minimum atomic E-state index is -0.781. The Kier molecular flexibility index (Phi) is 3.38. The zero-order valence-corrected chi connectivity index (χ0v) is 10.2. The van der Waals surface area contributed by atoms with Gasteiger partial charge in [0, 0.05) is 10.9 Å². The van der Waals surface area contributed by atoms with Crippen LogP contribution in [0.15, 0.2) is 16.6 Å². The zero-order valence-electron chi connectivity index (χ0n) is 8.60. The molecule has 1 fully saturated rings. The fourth-order valence-corrected chi connectivity index (χ4v) is 2.27. The Labute approximate surface area is 101 Å². The van der Waals surface area contributed by atoms with Crippen LogP contribution < -0.4 is 0 Å². The normalized spacial score (nSPS) is 15.9. The summed E-state index contributed by atoms with van der Waals surface area (Å²) in [7, 11) is 0. The topological polar surface area (TPSA) is 17.1 Å². The number of ketones is 1. The molecule has 16 heavy (non-hydrogen) atoms. The van der Waals surface area contributed by atoms with Crippen molar-refractivity contribution in [3.8, 4) is 0 Å². The van der Waals surface area contributed by atoms with Gasteiger partial charge in [-0.1, -0.05) is 35.2 Å². The number of rotatable bonds is 3. The maximum absolute atomic E-state index is 13.4. The SMILES string of the molecule is O=C(CC1CCC1)c1c(F)cc(Br)cc1F. The third-order valence-electron chi connectivity index (χ3n) is 2.98. The summed E-state index contributed by atoms with van der Waals surface area (Å²) in [6.45, 7) is 0. The number of halogens is 3. The Hall–Kier alpha value is -0.770. The lowest BCUT2D eigenvalue weighted by molar-refractivity contribution is 0.0928. The van der Waals surface area contributed by atoms with Crippen molar-refractivity contribution in [1.82, 2.24) is 0 Å². The number of carbonyl (C=O) groups is 1. The first-order valence-corrected chi connectivity index (χ1v) is 6.05. The van der Waals surface area contributed by atoms with Gasteiger partial charge in [-0.05, 0) is 18.1 Å². The van der Waals surface area contributed by atoms with Crippen LogP contribution in [0.1, 0.15) is 36.0 Å². The van der Waals surface area contributed by atoms with Gasteiger partial charge in [0.15, 0.2) is 5.78 Å². The summed E-state index contributed by atoms with van der Waals surface area (Å²) in [6, 6.07) is 2.24. The number of hydrogen-bond donors (Lipinski definition) is 0. The first kappa shape index (κ1) is 11.7. The smallest absolute Gasteiger partial charge is 0.169 e. The van der Waals surface area contributed by atoms with Crippen molar-refractivity contribution >= 4 is 21.7 Å². The van der Waals surface area contributed by atoms with Crippen molar-refractivity contribution in [3.05, 3.63) is 33.8 Å². The Balaban J connectivity index is 2.21. The van der Waals surface area contributed by atoms with E-state index in [4.69, 9.17) is 0 Å². The highest BCUT2D eigenvalue weighted by Crippen LogP contribution is 2.31. The van der Waals surface area contributed by atoms with Crippen LogP contribution >= 0.6 is 15.9 Å². The van der Waals surface area contributed by atoms with Gasteiger partial charge in [-0.25, -0.2) is 8.78 Å². The highest BCUT2D eigenvalue weighted by molar-refractivity contribution is 9.10. The van der Waals surface area contributed by atoms with Crippen molar-refractivity contribution in [2.45, 2.75) is 25.7 Å². The highest BCUT2D eigenvalue weighted by atomic mass is 79.9. The largest absolute Gasteiger partial charge is 0.294 e. The molecule has 1 aromatic rings. The molecule has 1 nitrogen and oxygen atoms in total. The van der Waals surface area contributed by atoms with Gasteiger partial charge in [-0.15, -0.1) is 0 Å². The van der Waals surface area contributed by atoms with Gasteiger partial charge in [-0.2, -0.15) is 0 Å². The van der Waals surface area contributed by atoms with Crippen molar-refractivity contribution in [1.29, 1.82) is 0 Å². The van der Waals surface area contributed by atoms with E-state index in [1.165, 1.54) is 0 Å². The Bertz CT molecular complexity index is 404. The van der Waals surface area contributed by atoms with Crippen molar-refractivity contribution in [2.75, 3.05) is 0 Å². The Morgan fingerprint density at radius 2 is 1.88 bits per heavy atom. The molecule has 86 valence electrons. The lowest BCUT2D eigenvalue weighted by Gasteiger charge is -2.24. The van der Waals surface area contributed by atoms with E-state index >= 15 is 0 Å². The molecule has 0 bridgehead atoms. The van der Waals surface area contributed by atoms with E-state index < -0.39 is 23.0 Å². The lowest BCUT2D eigenvalue weighted by atomic mass is 9.81. The molecule has 1 aromatic carbocycles. The van der Waals surface area contributed by atoms with Crippen LogP contribution in [0.25, 0.3) is 0 Å². The predicted molar refractivity (Wildman–Crippen MR) is 60.3 cm³/mol. The Morgan fingerprint density at radius 3 is 2.31 bits per heavy atom.